The summed E-state index contributed by atoms with van der Waals surface area (Å²) in [4.78, 5) is 16.2. The molecule has 0 radical (unpaired) electrons. The molecule has 22 heavy (non-hydrogen) atoms. The minimum Gasteiger partial charge on any atom is -0.369 e. The molecule has 5 heteroatoms. The van der Waals surface area contributed by atoms with Crippen LogP contribution in [0.3, 0.4) is 0 Å². The Morgan fingerprint density at radius 2 is 2.05 bits per heavy atom. The Hall–Kier alpha value is -1.59. The number of anilines is 1. The number of carbonyl (C=O) groups excluding carboxylic acids is 1. The highest BCUT2D eigenvalue weighted by atomic mass is 16.1. The van der Waals surface area contributed by atoms with Crippen molar-refractivity contribution >= 4 is 11.6 Å². The molecule has 1 aromatic rings. The summed E-state index contributed by atoms with van der Waals surface area (Å²) in [6.45, 7) is 8.67. The molecule has 1 heterocycles. The highest BCUT2D eigenvalue weighted by Crippen LogP contribution is 2.17. The first kappa shape index (κ1) is 16.8. The van der Waals surface area contributed by atoms with Crippen LogP contribution >= 0.6 is 0 Å². The van der Waals surface area contributed by atoms with Gasteiger partial charge in [0.1, 0.15) is 0 Å². The first-order valence-electron chi connectivity index (χ1n) is 8.20. The van der Waals surface area contributed by atoms with E-state index in [2.05, 4.69) is 46.3 Å². The van der Waals surface area contributed by atoms with Gasteiger partial charge in [0.05, 0.1) is 0 Å². The van der Waals surface area contributed by atoms with Crippen molar-refractivity contribution in [3.05, 3.63) is 29.8 Å². The number of carbonyl (C=O) groups is 1. The Bertz CT molecular complexity index is 469. The standard InChI is InChI=1S/C17H28N4O/c1-15-4-2-5-16(14-15)21-12-10-20(11-13-21)9-3-8-19-17(22)6-7-18/h2,4-5,14H,3,6-13,18H2,1H3,(H,19,22). The van der Waals surface area contributed by atoms with Crippen molar-refractivity contribution in [2.24, 2.45) is 5.73 Å². The molecule has 3 N–H and O–H groups in total. The van der Waals surface area contributed by atoms with E-state index in [0.29, 0.717) is 13.0 Å². The van der Waals surface area contributed by atoms with Crippen molar-refractivity contribution < 1.29 is 4.79 Å². The molecule has 0 aliphatic carbocycles. The molecule has 1 amide bonds. The van der Waals surface area contributed by atoms with Crippen molar-refractivity contribution in [3.8, 4) is 0 Å². The van der Waals surface area contributed by atoms with Crippen molar-refractivity contribution in [1.29, 1.82) is 0 Å². The lowest BCUT2D eigenvalue weighted by atomic mass is 10.2. The van der Waals surface area contributed by atoms with E-state index in [-0.39, 0.29) is 5.91 Å². The zero-order valence-corrected chi connectivity index (χ0v) is 13.6. The number of nitrogens with two attached hydrogens (primary N) is 1. The van der Waals surface area contributed by atoms with Gasteiger partial charge in [-0.05, 0) is 37.6 Å². The molecule has 1 aliphatic rings. The fourth-order valence-corrected chi connectivity index (χ4v) is 2.80. The lowest BCUT2D eigenvalue weighted by Gasteiger charge is -2.36. The molecule has 2 rings (SSSR count). The van der Waals surface area contributed by atoms with E-state index in [1.165, 1.54) is 11.3 Å². The number of benzene rings is 1. The van der Waals surface area contributed by atoms with Gasteiger partial charge >= 0.3 is 0 Å². The number of aryl methyl sites for hydroxylation is 1. The second-order valence-corrected chi connectivity index (χ2v) is 5.91. The van der Waals surface area contributed by atoms with E-state index in [1.807, 2.05) is 0 Å². The largest absolute Gasteiger partial charge is 0.369 e. The molecule has 0 saturated carbocycles. The molecule has 0 unspecified atom stereocenters. The van der Waals surface area contributed by atoms with E-state index >= 15 is 0 Å². The fraction of sp³-hybridized carbons (Fsp3) is 0.588. The summed E-state index contributed by atoms with van der Waals surface area (Å²) in [5.74, 6) is 0.0618. The Labute approximate surface area is 133 Å². The summed E-state index contributed by atoms with van der Waals surface area (Å²) in [5.41, 5.74) is 7.99. The number of hydrogen-bond donors (Lipinski definition) is 2. The minimum absolute atomic E-state index is 0.0618. The van der Waals surface area contributed by atoms with Crippen LogP contribution in [0.5, 0.6) is 0 Å². The quantitative estimate of drug-likeness (QED) is 0.737. The molecule has 0 spiro atoms. The van der Waals surface area contributed by atoms with Crippen LogP contribution in [-0.4, -0.2) is 56.6 Å². The third-order valence-corrected chi connectivity index (χ3v) is 4.08. The van der Waals surface area contributed by atoms with Crippen LogP contribution in [-0.2, 0) is 4.79 Å². The molecule has 0 atom stereocenters. The maximum absolute atomic E-state index is 11.3. The molecular formula is C17H28N4O. The zero-order valence-electron chi connectivity index (χ0n) is 13.6. The SMILES string of the molecule is Cc1cccc(N2CCN(CCCNC(=O)CCN)CC2)c1. The van der Waals surface area contributed by atoms with E-state index < -0.39 is 0 Å². The topological polar surface area (TPSA) is 61.6 Å². The van der Waals surface area contributed by atoms with Crippen LogP contribution in [0.25, 0.3) is 0 Å². The minimum atomic E-state index is 0.0618. The predicted octanol–water partition coefficient (Wildman–Crippen LogP) is 0.972. The highest BCUT2D eigenvalue weighted by Gasteiger charge is 2.16. The summed E-state index contributed by atoms with van der Waals surface area (Å²) in [7, 11) is 0. The number of nitrogens with zero attached hydrogens (tertiary/aromatic N) is 2. The molecule has 0 bridgehead atoms. The highest BCUT2D eigenvalue weighted by molar-refractivity contribution is 5.75. The van der Waals surface area contributed by atoms with Crippen LogP contribution in [0.4, 0.5) is 5.69 Å². The third-order valence-electron chi connectivity index (χ3n) is 4.08. The maximum Gasteiger partial charge on any atom is 0.221 e. The number of amides is 1. The van der Waals surface area contributed by atoms with Crippen LogP contribution in [0.2, 0.25) is 0 Å². The second-order valence-electron chi connectivity index (χ2n) is 5.91. The van der Waals surface area contributed by atoms with Gasteiger partial charge in [-0.1, -0.05) is 12.1 Å². The molecule has 0 aromatic heterocycles. The molecule has 1 aliphatic heterocycles. The smallest absolute Gasteiger partial charge is 0.221 e. The van der Waals surface area contributed by atoms with Crippen molar-refractivity contribution in [3.63, 3.8) is 0 Å². The van der Waals surface area contributed by atoms with Crippen molar-refractivity contribution in [2.45, 2.75) is 19.8 Å². The number of nitrogens with one attached hydrogen (secondary N) is 1. The van der Waals surface area contributed by atoms with Gasteiger partial charge in [-0.3, -0.25) is 9.69 Å². The summed E-state index contributed by atoms with van der Waals surface area (Å²) in [6.07, 6.45) is 1.43. The Kier molecular flexibility index (Phi) is 6.68. The van der Waals surface area contributed by atoms with Gasteiger partial charge in [0.15, 0.2) is 0 Å². The first-order chi connectivity index (χ1) is 10.7. The average Bonchev–Trinajstić information content (AvgIpc) is 2.52. The molecule has 1 fully saturated rings. The van der Waals surface area contributed by atoms with Crippen LogP contribution in [0.1, 0.15) is 18.4 Å². The molecule has 122 valence electrons. The van der Waals surface area contributed by atoms with Gasteiger partial charge in [0.2, 0.25) is 5.91 Å². The van der Waals surface area contributed by atoms with Crippen LogP contribution in [0, 0.1) is 6.92 Å². The Morgan fingerprint density at radius 3 is 2.73 bits per heavy atom. The molecule has 5 nitrogen and oxygen atoms in total. The normalized spacial score (nSPS) is 15.8. The lowest BCUT2D eigenvalue weighted by Crippen LogP contribution is -2.47. The second kappa shape index (κ2) is 8.76. The van der Waals surface area contributed by atoms with E-state index in [1.54, 1.807) is 0 Å². The van der Waals surface area contributed by atoms with Gasteiger partial charge < -0.3 is 16.0 Å². The summed E-state index contributed by atoms with van der Waals surface area (Å²) in [5, 5.41) is 2.91. The van der Waals surface area contributed by atoms with Gasteiger partial charge in [-0.15, -0.1) is 0 Å². The van der Waals surface area contributed by atoms with Crippen LogP contribution < -0.4 is 16.0 Å². The number of rotatable bonds is 7. The van der Waals surface area contributed by atoms with Crippen molar-refractivity contribution in [1.82, 2.24) is 10.2 Å². The first-order valence-corrected chi connectivity index (χ1v) is 8.20. The molecule has 1 aromatic carbocycles. The lowest BCUT2D eigenvalue weighted by molar-refractivity contribution is -0.120. The Morgan fingerprint density at radius 1 is 1.27 bits per heavy atom. The van der Waals surface area contributed by atoms with Crippen molar-refractivity contribution in [2.75, 3.05) is 50.7 Å². The Balaban J connectivity index is 1.64. The number of piperazine rings is 1. The summed E-state index contributed by atoms with van der Waals surface area (Å²) >= 11 is 0. The van der Waals surface area contributed by atoms with Gasteiger partial charge in [-0.25, -0.2) is 0 Å². The average molecular weight is 304 g/mol. The predicted molar refractivity (Wildman–Crippen MR) is 91.1 cm³/mol. The van der Waals surface area contributed by atoms with Gasteiger partial charge in [0.25, 0.3) is 0 Å². The van der Waals surface area contributed by atoms with E-state index in [0.717, 1.165) is 45.7 Å². The zero-order chi connectivity index (χ0) is 15.8. The fourth-order valence-electron chi connectivity index (χ4n) is 2.80. The maximum atomic E-state index is 11.3. The third kappa shape index (κ3) is 5.31. The summed E-state index contributed by atoms with van der Waals surface area (Å²) < 4.78 is 0. The van der Waals surface area contributed by atoms with Crippen LogP contribution in [0.15, 0.2) is 24.3 Å². The monoisotopic (exact) mass is 304 g/mol. The van der Waals surface area contributed by atoms with E-state index in [4.69, 9.17) is 5.73 Å². The molecular weight excluding hydrogens is 276 g/mol. The van der Waals surface area contributed by atoms with E-state index in [9.17, 15) is 4.79 Å². The number of hydrogen-bond acceptors (Lipinski definition) is 4. The van der Waals surface area contributed by atoms with Gasteiger partial charge in [0, 0.05) is 51.4 Å². The molecule has 1 saturated heterocycles. The van der Waals surface area contributed by atoms with Gasteiger partial charge in [-0.2, -0.15) is 0 Å². The summed E-state index contributed by atoms with van der Waals surface area (Å²) in [6, 6.07) is 8.71.